The Hall–Kier alpha value is -2.49. The van der Waals surface area contributed by atoms with Gasteiger partial charge in [-0.15, -0.1) is 0 Å². The molecule has 0 amide bonds. The Balaban J connectivity index is 3.36. The van der Waals surface area contributed by atoms with Crippen LogP contribution in [0, 0.1) is 27.3 Å². The Bertz CT molecular complexity index is 522. The highest BCUT2D eigenvalue weighted by Gasteiger charge is 2.24. The lowest BCUT2D eigenvalue weighted by Gasteiger charge is -2.04. The number of esters is 1. The molecule has 0 atom stereocenters. The van der Waals surface area contributed by atoms with Gasteiger partial charge in [-0.1, -0.05) is 0 Å². The second kappa shape index (κ2) is 5.03. The first-order valence-electron chi connectivity index (χ1n) is 4.57. The minimum Gasteiger partial charge on any atom is -0.462 e. The maximum Gasteiger partial charge on any atom is 0.341 e. The zero-order valence-electron chi connectivity index (χ0n) is 8.77. The van der Waals surface area contributed by atoms with Gasteiger partial charge >= 0.3 is 5.97 Å². The van der Waals surface area contributed by atoms with E-state index in [2.05, 4.69) is 4.74 Å². The van der Waals surface area contributed by atoms with E-state index < -0.39 is 33.5 Å². The number of nitrogens with zero attached hydrogens (tertiary/aromatic N) is 2. The third-order valence-electron chi connectivity index (χ3n) is 1.92. The van der Waals surface area contributed by atoms with Crippen LogP contribution in [0.2, 0.25) is 0 Å². The minimum atomic E-state index is -1.24. The molecule has 0 bridgehead atoms. The number of benzene rings is 1. The van der Waals surface area contributed by atoms with Crippen molar-refractivity contribution in [2.75, 3.05) is 6.61 Å². The minimum absolute atomic E-state index is 0.0388. The molecule has 0 aliphatic carbocycles. The number of carbonyl (C=O) groups is 1. The van der Waals surface area contributed by atoms with Gasteiger partial charge in [0, 0.05) is 6.07 Å². The summed E-state index contributed by atoms with van der Waals surface area (Å²) in [5.41, 5.74) is -1.95. The van der Waals surface area contributed by atoms with Crippen molar-refractivity contribution in [3.05, 3.63) is 39.2 Å². The maximum atomic E-state index is 13.6. The molecule has 1 aromatic carbocycles. The molecule has 1 rings (SSSR count). The average Bonchev–Trinajstić information content (AvgIpc) is 2.28. The third-order valence-corrected chi connectivity index (χ3v) is 1.92. The number of hydrogen-bond acceptors (Lipinski definition) is 5. The number of hydrogen-bond donors (Lipinski definition) is 0. The van der Waals surface area contributed by atoms with Crippen LogP contribution < -0.4 is 0 Å². The number of rotatable bonds is 3. The van der Waals surface area contributed by atoms with Crippen LogP contribution >= 0.6 is 0 Å². The van der Waals surface area contributed by atoms with Crippen LogP contribution in [0.15, 0.2) is 12.1 Å². The summed E-state index contributed by atoms with van der Waals surface area (Å²) >= 11 is 0. The summed E-state index contributed by atoms with van der Waals surface area (Å²) < 4.78 is 18.2. The highest BCUT2D eigenvalue weighted by molar-refractivity contribution is 5.90. The number of ether oxygens (including phenoxy) is 1. The van der Waals surface area contributed by atoms with Crippen LogP contribution in [0.5, 0.6) is 0 Å². The molecule has 0 N–H and O–H groups in total. The summed E-state index contributed by atoms with van der Waals surface area (Å²) in [5, 5.41) is 19.1. The van der Waals surface area contributed by atoms with Crippen LogP contribution in [-0.4, -0.2) is 17.5 Å². The number of nitriles is 1. The predicted octanol–water partition coefficient (Wildman–Crippen LogP) is 1.78. The lowest BCUT2D eigenvalue weighted by molar-refractivity contribution is -0.385. The van der Waals surface area contributed by atoms with Crippen molar-refractivity contribution < 1.29 is 18.8 Å². The maximum absolute atomic E-state index is 13.6. The molecule has 0 radical (unpaired) electrons. The van der Waals surface area contributed by atoms with Crippen LogP contribution in [0.3, 0.4) is 0 Å². The molecular formula is C10H7FN2O4. The van der Waals surface area contributed by atoms with Gasteiger partial charge in [0.1, 0.15) is 6.07 Å². The van der Waals surface area contributed by atoms with Crippen molar-refractivity contribution >= 4 is 11.7 Å². The molecule has 0 fully saturated rings. The van der Waals surface area contributed by atoms with Gasteiger partial charge in [-0.05, 0) is 13.0 Å². The average molecular weight is 238 g/mol. The molecule has 6 nitrogen and oxygen atoms in total. The molecule has 0 saturated carbocycles. The summed E-state index contributed by atoms with van der Waals surface area (Å²) in [7, 11) is 0. The molecule has 17 heavy (non-hydrogen) atoms. The summed E-state index contributed by atoms with van der Waals surface area (Å²) in [6.45, 7) is 1.57. The van der Waals surface area contributed by atoms with Gasteiger partial charge in [-0.3, -0.25) is 10.1 Å². The molecule has 7 heteroatoms. The van der Waals surface area contributed by atoms with Gasteiger partial charge in [0.2, 0.25) is 0 Å². The van der Waals surface area contributed by atoms with Gasteiger partial charge < -0.3 is 4.74 Å². The van der Waals surface area contributed by atoms with Crippen LogP contribution in [-0.2, 0) is 4.74 Å². The lowest BCUT2D eigenvalue weighted by Crippen LogP contribution is -2.09. The Morgan fingerprint density at radius 1 is 1.65 bits per heavy atom. The van der Waals surface area contributed by atoms with Crippen LogP contribution in [0.1, 0.15) is 22.8 Å². The fraction of sp³-hybridized carbons (Fsp3) is 0.200. The molecular weight excluding hydrogens is 231 g/mol. The topological polar surface area (TPSA) is 93.2 Å². The van der Waals surface area contributed by atoms with E-state index in [0.717, 1.165) is 12.1 Å². The molecule has 88 valence electrons. The summed E-state index contributed by atoms with van der Waals surface area (Å²) in [5.74, 6) is -2.20. The van der Waals surface area contributed by atoms with E-state index in [1.54, 1.807) is 0 Å². The standard InChI is InChI=1S/C10H7FN2O4/c1-2-17-10(14)6-3-4-8(13(15)16)7(5-12)9(6)11/h3-4H,2H2,1H3. The zero-order valence-corrected chi connectivity index (χ0v) is 8.77. The largest absolute Gasteiger partial charge is 0.462 e. The van der Waals surface area contributed by atoms with Crippen molar-refractivity contribution in [3.8, 4) is 6.07 Å². The van der Waals surface area contributed by atoms with Crippen LogP contribution in [0.4, 0.5) is 10.1 Å². The van der Waals surface area contributed by atoms with E-state index >= 15 is 0 Å². The second-order valence-corrected chi connectivity index (χ2v) is 2.91. The SMILES string of the molecule is CCOC(=O)c1ccc([N+](=O)[O-])c(C#N)c1F. The van der Waals surface area contributed by atoms with Gasteiger partial charge in [0.15, 0.2) is 11.4 Å². The lowest BCUT2D eigenvalue weighted by atomic mass is 10.1. The number of carbonyl (C=O) groups excluding carboxylic acids is 1. The van der Waals surface area contributed by atoms with Gasteiger partial charge in [-0.2, -0.15) is 5.26 Å². The Labute approximate surface area is 95.4 Å². The molecule has 0 aliphatic rings. The molecule has 0 heterocycles. The first-order chi connectivity index (χ1) is 8.02. The quantitative estimate of drug-likeness (QED) is 0.454. The van der Waals surface area contributed by atoms with E-state index in [1.165, 1.54) is 13.0 Å². The summed E-state index contributed by atoms with van der Waals surface area (Å²) in [6, 6.07) is 3.18. The normalized spacial score (nSPS) is 9.47. The second-order valence-electron chi connectivity index (χ2n) is 2.91. The number of halogens is 1. The van der Waals surface area contributed by atoms with Crippen molar-refractivity contribution in [2.45, 2.75) is 6.92 Å². The third kappa shape index (κ3) is 2.36. The van der Waals surface area contributed by atoms with E-state index in [4.69, 9.17) is 5.26 Å². The highest BCUT2D eigenvalue weighted by atomic mass is 19.1. The monoisotopic (exact) mass is 238 g/mol. The van der Waals surface area contributed by atoms with Crippen LogP contribution in [0.25, 0.3) is 0 Å². The number of nitro benzene ring substituents is 1. The Kier molecular flexibility index (Phi) is 3.72. The van der Waals surface area contributed by atoms with Gasteiger partial charge in [0.05, 0.1) is 17.1 Å². The smallest absolute Gasteiger partial charge is 0.341 e. The molecule has 0 saturated heterocycles. The summed E-state index contributed by atoms with van der Waals surface area (Å²) in [6.07, 6.45) is 0. The first-order valence-corrected chi connectivity index (χ1v) is 4.57. The molecule has 0 aliphatic heterocycles. The summed E-state index contributed by atoms with van der Waals surface area (Å²) in [4.78, 5) is 20.9. The number of nitro groups is 1. The molecule has 0 aromatic heterocycles. The van der Waals surface area contributed by atoms with E-state index in [-0.39, 0.29) is 6.61 Å². The van der Waals surface area contributed by atoms with Gasteiger partial charge in [-0.25, -0.2) is 9.18 Å². The van der Waals surface area contributed by atoms with E-state index in [1.807, 2.05) is 0 Å². The molecule has 0 spiro atoms. The fourth-order valence-corrected chi connectivity index (χ4v) is 1.19. The molecule has 1 aromatic rings. The van der Waals surface area contributed by atoms with Crippen molar-refractivity contribution in [3.63, 3.8) is 0 Å². The Morgan fingerprint density at radius 2 is 2.29 bits per heavy atom. The highest BCUT2D eigenvalue weighted by Crippen LogP contribution is 2.23. The van der Waals surface area contributed by atoms with E-state index in [9.17, 15) is 19.3 Å². The molecule has 0 unspecified atom stereocenters. The predicted molar refractivity (Wildman–Crippen MR) is 53.7 cm³/mol. The van der Waals surface area contributed by atoms with Crippen molar-refractivity contribution in [1.29, 1.82) is 5.26 Å². The van der Waals surface area contributed by atoms with Crippen molar-refractivity contribution in [2.24, 2.45) is 0 Å². The first kappa shape index (κ1) is 12.6. The van der Waals surface area contributed by atoms with E-state index in [0.29, 0.717) is 0 Å². The zero-order chi connectivity index (χ0) is 13.0. The Morgan fingerprint density at radius 3 is 2.76 bits per heavy atom. The van der Waals surface area contributed by atoms with Gasteiger partial charge in [0.25, 0.3) is 5.69 Å². The fourth-order valence-electron chi connectivity index (χ4n) is 1.19. The van der Waals surface area contributed by atoms with Crippen molar-refractivity contribution in [1.82, 2.24) is 0 Å².